The lowest BCUT2D eigenvalue weighted by molar-refractivity contribution is -0.129. The molecule has 0 aliphatic carbocycles. The molecule has 1 aromatic rings. The Labute approximate surface area is 137 Å². The van der Waals surface area contributed by atoms with Crippen LogP contribution in [0, 0.1) is 0 Å². The number of methoxy groups -OCH3 is 1. The lowest BCUT2D eigenvalue weighted by Crippen LogP contribution is -2.45. The highest BCUT2D eigenvalue weighted by molar-refractivity contribution is 5.99. The molecular formula is C18H24N2O3. The molecule has 0 saturated carbocycles. The third-order valence-corrected chi connectivity index (χ3v) is 4.76. The Hall–Kier alpha value is -2.01. The Morgan fingerprint density at radius 2 is 2.09 bits per heavy atom. The van der Waals surface area contributed by atoms with Crippen LogP contribution in [0.2, 0.25) is 0 Å². The number of fused-ring (bicyclic) bond motifs is 1. The van der Waals surface area contributed by atoms with Gasteiger partial charge < -0.3 is 19.3 Å². The van der Waals surface area contributed by atoms with E-state index in [0.717, 1.165) is 31.5 Å². The molecule has 0 unspecified atom stereocenters. The molecule has 5 nitrogen and oxygen atoms in total. The Morgan fingerprint density at radius 1 is 1.35 bits per heavy atom. The van der Waals surface area contributed by atoms with Crippen LogP contribution in [0.25, 0.3) is 6.08 Å². The first kappa shape index (κ1) is 15.9. The molecule has 1 saturated heterocycles. The van der Waals surface area contributed by atoms with Crippen molar-refractivity contribution in [3.8, 4) is 11.5 Å². The number of rotatable bonds is 3. The third-order valence-electron chi connectivity index (χ3n) is 4.76. The molecule has 0 bridgehead atoms. The minimum Gasteiger partial charge on any atom is -0.493 e. The normalized spacial score (nSPS) is 18.7. The van der Waals surface area contributed by atoms with Crippen molar-refractivity contribution in [1.29, 1.82) is 0 Å². The molecule has 1 aromatic carbocycles. The zero-order valence-electron chi connectivity index (χ0n) is 14.0. The van der Waals surface area contributed by atoms with Crippen LogP contribution in [0.15, 0.2) is 23.8 Å². The lowest BCUT2D eigenvalue weighted by atomic mass is 10.0. The van der Waals surface area contributed by atoms with Gasteiger partial charge in [-0.25, -0.2) is 0 Å². The molecule has 23 heavy (non-hydrogen) atoms. The van der Waals surface area contributed by atoms with E-state index in [1.54, 1.807) is 7.11 Å². The number of likely N-dealkylation sites (tertiary alicyclic amines) is 1. The molecule has 3 rings (SSSR count). The second-order valence-electron chi connectivity index (χ2n) is 6.29. The van der Waals surface area contributed by atoms with Crippen molar-refractivity contribution in [3.05, 3.63) is 29.3 Å². The van der Waals surface area contributed by atoms with Gasteiger partial charge in [-0.05, 0) is 45.1 Å². The summed E-state index contributed by atoms with van der Waals surface area (Å²) >= 11 is 0. The Kier molecular flexibility index (Phi) is 4.57. The van der Waals surface area contributed by atoms with E-state index in [2.05, 4.69) is 11.9 Å². The van der Waals surface area contributed by atoms with Gasteiger partial charge in [-0.2, -0.15) is 0 Å². The summed E-state index contributed by atoms with van der Waals surface area (Å²) in [6.45, 7) is 2.37. The van der Waals surface area contributed by atoms with Crippen LogP contribution in [0.5, 0.6) is 11.5 Å². The fourth-order valence-electron chi connectivity index (χ4n) is 3.24. The van der Waals surface area contributed by atoms with Gasteiger partial charge in [0.05, 0.1) is 12.7 Å². The molecule has 1 amide bonds. The smallest absolute Gasteiger partial charge is 0.253 e. The van der Waals surface area contributed by atoms with Crippen LogP contribution in [-0.4, -0.2) is 62.7 Å². The van der Waals surface area contributed by atoms with Gasteiger partial charge in [0.1, 0.15) is 6.61 Å². The minimum atomic E-state index is 0.0630. The number of nitrogens with zero attached hydrogens (tertiary/aromatic N) is 2. The number of hydrogen-bond donors (Lipinski definition) is 0. The van der Waals surface area contributed by atoms with Crippen molar-refractivity contribution < 1.29 is 14.3 Å². The summed E-state index contributed by atoms with van der Waals surface area (Å²) in [5.74, 6) is 1.48. The van der Waals surface area contributed by atoms with Crippen molar-refractivity contribution in [3.63, 3.8) is 0 Å². The zero-order valence-corrected chi connectivity index (χ0v) is 14.0. The van der Waals surface area contributed by atoms with Crippen molar-refractivity contribution in [2.75, 3.05) is 40.9 Å². The number of ether oxygens (including phenoxy) is 2. The van der Waals surface area contributed by atoms with Gasteiger partial charge in [-0.3, -0.25) is 4.79 Å². The molecule has 5 heteroatoms. The summed E-state index contributed by atoms with van der Waals surface area (Å²) in [6, 6.07) is 6.03. The van der Waals surface area contributed by atoms with Gasteiger partial charge in [-0.1, -0.05) is 12.1 Å². The Morgan fingerprint density at radius 3 is 2.78 bits per heavy atom. The van der Waals surface area contributed by atoms with Gasteiger partial charge in [0.15, 0.2) is 11.5 Å². The molecular weight excluding hydrogens is 292 g/mol. The maximum absolute atomic E-state index is 12.8. The average molecular weight is 316 g/mol. The lowest BCUT2D eigenvalue weighted by Gasteiger charge is -2.35. The first-order chi connectivity index (χ1) is 11.1. The minimum absolute atomic E-state index is 0.0630. The molecule has 124 valence electrons. The van der Waals surface area contributed by atoms with Crippen LogP contribution in [0.3, 0.4) is 0 Å². The topological polar surface area (TPSA) is 42.0 Å². The molecule has 1 fully saturated rings. The highest BCUT2D eigenvalue weighted by atomic mass is 16.5. The number of benzene rings is 1. The Balaban J connectivity index is 1.76. The van der Waals surface area contributed by atoms with Crippen molar-refractivity contribution in [1.82, 2.24) is 9.80 Å². The van der Waals surface area contributed by atoms with E-state index in [9.17, 15) is 4.79 Å². The highest BCUT2D eigenvalue weighted by Gasteiger charge is 2.28. The number of hydrogen-bond acceptors (Lipinski definition) is 4. The zero-order chi connectivity index (χ0) is 16.4. The molecule has 0 atom stereocenters. The Bertz CT molecular complexity index is 619. The second kappa shape index (κ2) is 6.62. The second-order valence-corrected chi connectivity index (χ2v) is 6.29. The molecule has 2 aliphatic rings. The van der Waals surface area contributed by atoms with Crippen molar-refractivity contribution in [2.45, 2.75) is 18.9 Å². The number of likely N-dealkylation sites (N-methyl/N-ethyl adjacent to an activating group) is 1. The third kappa shape index (κ3) is 3.20. The predicted molar refractivity (Wildman–Crippen MR) is 89.8 cm³/mol. The average Bonchev–Trinajstić information content (AvgIpc) is 2.60. The van der Waals surface area contributed by atoms with E-state index in [-0.39, 0.29) is 5.91 Å². The largest absolute Gasteiger partial charge is 0.493 e. The predicted octanol–water partition coefficient (Wildman–Crippen LogP) is 2.02. The monoisotopic (exact) mass is 316 g/mol. The maximum atomic E-state index is 12.8. The van der Waals surface area contributed by atoms with Crippen LogP contribution >= 0.6 is 0 Å². The number of carbonyl (C=O) groups is 1. The first-order valence-corrected chi connectivity index (χ1v) is 8.06. The summed E-state index contributed by atoms with van der Waals surface area (Å²) in [4.78, 5) is 17.0. The standard InChI is InChI=1S/C18H24N2O3/c1-19-9-7-15(8-10-19)20(2)18(21)14-11-13-5-4-6-16(22-3)17(13)23-12-14/h4-6,11,15H,7-10,12H2,1-3H3. The summed E-state index contributed by atoms with van der Waals surface area (Å²) in [5.41, 5.74) is 1.60. The van der Waals surface area contributed by atoms with Gasteiger partial charge >= 0.3 is 0 Å². The van der Waals surface area contributed by atoms with Crippen LogP contribution < -0.4 is 9.47 Å². The summed E-state index contributed by atoms with van der Waals surface area (Å²) in [5, 5.41) is 0. The van der Waals surface area contributed by atoms with Gasteiger partial charge in [0, 0.05) is 18.7 Å². The summed E-state index contributed by atoms with van der Waals surface area (Å²) in [7, 11) is 5.65. The van der Waals surface area contributed by atoms with E-state index in [1.807, 2.05) is 36.2 Å². The van der Waals surface area contributed by atoms with Crippen LogP contribution in [0.1, 0.15) is 18.4 Å². The maximum Gasteiger partial charge on any atom is 0.253 e. The number of para-hydroxylation sites is 1. The fraction of sp³-hybridized carbons (Fsp3) is 0.500. The SMILES string of the molecule is COc1cccc2c1OCC(C(=O)N(C)C1CCN(C)CC1)=C2. The number of carbonyl (C=O) groups excluding carboxylic acids is 1. The number of amides is 1. The van der Waals surface area contributed by atoms with Crippen LogP contribution in [0.4, 0.5) is 0 Å². The molecule has 0 radical (unpaired) electrons. The quantitative estimate of drug-likeness (QED) is 0.856. The van der Waals surface area contributed by atoms with E-state index < -0.39 is 0 Å². The summed E-state index contributed by atoms with van der Waals surface area (Å²) < 4.78 is 11.1. The molecule has 0 aromatic heterocycles. The molecule has 0 spiro atoms. The van der Waals surface area contributed by atoms with Crippen molar-refractivity contribution >= 4 is 12.0 Å². The van der Waals surface area contributed by atoms with Gasteiger partial charge in [0.25, 0.3) is 5.91 Å². The molecule has 2 aliphatic heterocycles. The van der Waals surface area contributed by atoms with Gasteiger partial charge in [-0.15, -0.1) is 0 Å². The van der Waals surface area contributed by atoms with E-state index >= 15 is 0 Å². The highest BCUT2D eigenvalue weighted by Crippen LogP contribution is 2.35. The van der Waals surface area contributed by atoms with Gasteiger partial charge in [0.2, 0.25) is 0 Å². The van der Waals surface area contributed by atoms with Crippen LogP contribution in [-0.2, 0) is 4.79 Å². The van der Waals surface area contributed by atoms with E-state index in [1.165, 1.54) is 0 Å². The molecule has 0 N–H and O–H groups in total. The summed E-state index contributed by atoms with van der Waals surface area (Å²) in [6.07, 6.45) is 3.98. The molecule has 2 heterocycles. The number of piperidine rings is 1. The van der Waals surface area contributed by atoms with E-state index in [4.69, 9.17) is 9.47 Å². The van der Waals surface area contributed by atoms with Crippen molar-refractivity contribution in [2.24, 2.45) is 0 Å². The first-order valence-electron chi connectivity index (χ1n) is 8.06. The fourth-order valence-corrected chi connectivity index (χ4v) is 3.24. The van der Waals surface area contributed by atoms with E-state index in [0.29, 0.717) is 29.7 Å².